The average Bonchev–Trinajstić information content (AvgIpc) is 3.29. The molecule has 7 heteroatoms. The number of morpholine rings is 1. The predicted molar refractivity (Wildman–Crippen MR) is 123 cm³/mol. The van der Waals surface area contributed by atoms with Crippen LogP contribution in [0.5, 0.6) is 0 Å². The van der Waals surface area contributed by atoms with Crippen LogP contribution in [0.15, 0.2) is 54.6 Å². The topological polar surface area (TPSA) is 59.3 Å². The Balaban J connectivity index is 1.18. The fourth-order valence-electron chi connectivity index (χ4n) is 3.98. The third-order valence-corrected chi connectivity index (χ3v) is 5.67. The standard InChI is InChI=1S/C24H32N6O/c1-28(20-22-12-6-7-13-23(22)29-16-18-31-19-17-29)14-8-3-9-15-30-26-24(25-27-30)21-10-4-2-5-11-21/h2,4-7,10-13H,3,8-9,14-20H2,1H3. The Bertz CT molecular complexity index is 923. The highest BCUT2D eigenvalue weighted by Gasteiger charge is 2.15. The summed E-state index contributed by atoms with van der Waals surface area (Å²) in [6.07, 6.45) is 3.37. The van der Waals surface area contributed by atoms with Gasteiger partial charge < -0.3 is 14.5 Å². The van der Waals surface area contributed by atoms with Crippen molar-refractivity contribution in [2.24, 2.45) is 0 Å². The predicted octanol–water partition coefficient (Wildman–Crippen LogP) is 3.48. The summed E-state index contributed by atoms with van der Waals surface area (Å²) < 4.78 is 5.51. The van der Waals surface area contributed by atoms with Crippen LogP contribution in [0.1, 0.15) is 24.8 Å². The first-order chi connectivity index (χ1) is 15.3. The molecule has 0 spiro atoms. The van der Waals surface area contributed by atoms with E-state index in [2.05, 4.69) is 56.5 Å². The summed E-state index contributed by atoms with van der Waals surface area (Å²) >= 11 is 0. The first-order valence-corrected chi connectivity index (χ1v) is 11.2. The molecule has 1 aromatic heterocycles. The summed E-state index contributed by atoms with van der Waals surface area (Å²) in [6.45, 7) is 6.45. The molecule has 1 aliphatic heterocycles. The molecule has 0 atom stereocenters. The highest BCUT2D eigenvalue weighted by molar-refractivity contribution is 5.54. The van der Waals surface area contributed by atoms with Crippen molar-refractivity contribution in [3.05, 3.63) is 60.2 Å². The second kappa shape index (κ2) is 11.0. The number of rotatable bonds is 10. The molecule has 0 amide bonds. The number of hydrogen-bond acceptors (Lipinski definition) is 6. The van der Waals surface area contributed by atoms with E-state index in [0.717, 1.165) is 70.8 Å². The Morgan fingerprint density at radius 1 is 0.935 bits per heavy atom. The molecule has 0 radical (unpaired) electrons. The van der Waals surface area contributed by atoms with Gasteiger partial charge >= 0.3 is 0 Å². The van der Waals surface area contributed by atoms with Gasteiger partial charge in [0.25, 0.3) is 0 Å². The minimum atomic E-state index is 0.694. The number of anilines is 1. The number of tetrazole rings is 1. The van der Waals surface area contributed by atoms with Gasteiger partial charge in [0, 0.05) is 30.9 Å². The molecule has 4 rings (SSSR count). The summed E-state index contributed by atoms with van der Waals surface area (Å²) in [5.74, 6) is 0.694. The zero-order chi connectivity index (χ0) is 21.3. The van der Waals surface area contributed by atoms with Gasteiger partial charge in [-0.05, 0) is 43.3 Å². The van der Waals surface area contributed by atoms with Crippen molar-refractivity contribution < 1.29 is 4.74 Å². The average molecular weight is 421 g/mol. The minimum absolute atomic E-state index is 0.694. The number of ether oxygens (including phenoxy) is 1. The fraction of sp³-hybridized carbons (Fsp3) is 0.458. The number of para-hydroxylation sites is 1. The summed E-state index contributed by atoms with van der Waals surface area (Å²) in [5, 5.41) is 12.8. The van der Waals surface area contributed by atoms with Gasteiger partial charge in [0.05, 0.1) is 19.8 Å². The van der Waals surface area contributed by atoms with Crippen LogP contribution in [0.4, 0.5) is 5.69 Å². The lowest BCUT2D eigenvalue weighted by molar-refractivity contribution is 0.122. The lowest BCUT2D eigenvalue weighted by Crippen LogP contribution is -2.37. The maximum Gasteiger partial charge on any atom is 0.204 e. The molecule has 0 N–H and O–H groups in total. The van der Waals surface area contributed by atoms with E-state index in [1.807, 2.05) is 30.3 Å². The van der Waals surface area contributed by atoms with E-state index in [1.165, 1.54) is 11.3 Å². The number of aryl methyl sites for hydroxylation is 1. The molecule has 2 heterocycles. The Morgan fingerprint density at radius 2 is 1.71 bits per heavy atom. The Hall–Kier alpha value is -2.77. The molecule has 0 bridgehead atoms. The molecular formula is C24H32N6O. The van der Waals surface area contributed by atoms with Crippen molar-refractivity contribution in [2.75, 3.05) is 44.8 Å². The van der Waals surface area contributed by atoms with Crippen LogP contribution in [-0.2, 0) is 17.8 Å². The van der Waals surface area contributed by atoms with Gasteiger partial charge in [-0.1, -0.05) is 55.0 Å². The smallest absolute Gasteiger partial charge is 0.204 e. The van der Waals surface area contributed by atoms with Crippen molar-refractivity contribution in [2.45, 2.75) is 32.4 Å². The Labute approximate surface area is 184 Å². The first-order valence-electron chi connectivity index (χ1n) is 11.2. The van der Waals surface area contributed by atoms with Gasteiger partial charge in [-0.3, -0.25) is 0 Å². The summed E-state index contributed by atoms with van der Waals surface area (Å²) in [5.41, 5.74) is 3.75. The molecule has 0 unspecified atom stereocenters. The van der Waals surface area contributed by atoms with E-state index in [0.29, 0.717) is 5.82 Å². The maximum atomic E-state index is 5.51. The molecule has 7 nitrogen and oxygen atoms in total. The molecule has 0 saturated carbocycles. The minimum Gasteiger partial charge on any atom is -0.378 e. The second-order valence-corrected chi connectivity index (χ2v) is 8.10. The van der Waals surface area contributed by atoms with Gasteiger partial charge in [0.1, 0.15) is 0 Å². The zero-order valence-electron chi connectivity index (χ0n) is 18.4. The molecule has 0 aliphatic carbocycles. The van der Waals surface area contributed by atoms with E-state index in [9.17, 15) is 0 Å². The zero-order valence-corrected chi connectivity index (χ0v) is 18.4. The van der Waals surface area contributed by atoms with Gasteiger partial charge in [0.2, 0.25) is 5.82 Å². The number of unbranched alkanes of at least 4 members (excludes halogenated alkanes) is 2. The summed E-state index contributed by atoms with van der Waals surface area (Å²) in [4.78, 5) is 6.58. The van der Waals surface area contributed by atoms with Crippen molar-refractivity contribution >= 4 is 5.69 Å². The van der Waals surface area contributed by atoms with Crippen LogP contribution >= 0.6 is 0 Å². The quantitative estimate of drug-likeness (QED) is 0.468. The van der Waals surface area contributed by atoms with Crippen molar-refractivity contribution in [1.82, 2.24) is 25.1 Å². The van der Waals surface area contributed by atoms with Crippen LogP contribution in [0.2, 0.25) is 0 Å². The van der Waals surface area contributed by atoms with Crippen molar-refractivity contribution in [3.8, 4) is 11.4 Å². The van der Waals surface area contributed by atoms with E-state index < -0.39 is 0 Å². The van der Waals surface area contributed by atoms with Crippen LogP contribution in [-0.4, -0.2) is 65.0 Å². The van der Waals surface area contributed by atoms with Crippen LogP contribution in [0.3, 0.4) is 0 Å². The highest BCUT2D eigenvalue weighted by atomic mass is 16.5. The summed E-state index contributed by atoms with van der Waals surface area (Å²) in [7, 11) is 2.21. The fourth-order valence-corrected chi connectivity index (χ4v) is 3.98. The van der Waals surface area contributed by atoms with Crippen LogP contribution in [0.25, 0.3) is 11.4 Å². The Morgan fingerprint density at radius 3 is 2.55 bits per heavy atom. The van der Waals surface area contributed by atoms with Crippen molar-refractivity contribution in [1.29, 1.82) is 0 Å². The lowest BCUT2D eigenvalue weighted by atomic mass is 10.1. The van der Waals surface area contributed by atoms with Gasteiger partial charge in [-0.2, -0.15) is 4.80 Å². The Kier molecular flexibility index (Phi) is 7.63. The molecule has 1 aliphatic rings. The number of aromatic nitrogens is 4. The SMILES string of the molecule is CN(CCCCCn1nnc(-c2ccccc2)n1)Cc1ccccc1N1CCOCC1. The number of benzene rings is 2. The monoisotopic (exact) mass is 420 g/mol. The van der Waals surface area contributed by atoms with Crippen molar-refractivity contribution in [3.63, 3.8) is 0 Å². The van der Waals surface area contributed by atoms with Gasteiger partial charge in [-0.15, -0.1) is 10.2 Å². The van der Waals surface area contributed by atoms with E-state index in [4.69, 9.17) is 4.74 Å². The number of hydrogen-bond donors (Lipinski definition) is 0. The molecule has 1 saturated heterocycles. The number of nitrogens with zero attached hydrogens (tertiary/aromatic N) is 6. The molecule has 2 aromatic carbocycles. The maximum absolute atomic E-state index is 5.51. The van der Waals surface area contributed by atoms with Gasteiger partial charge in [-0.25, -0.2) is 0 Å². The highest BCUT2D eigenvalue weighted by Crippen LogP contribution is 2.22. The molecule has 1 fully saturated rings. The molecule has 164 valence electrons. The van der Waals surface area contributed by atoms with E-state index >= 15 is 0 Å². The van der Waals surface area contributed by atoms with E-state index in [1.54, 1.807) is 4.80 Å². The third kappa shape index (κ3) is 6.12. The molecular weight excluding hydrogens is 388 g/mol. The van der Waals surface area contributed by atoms with Crippen LogP contribution in [0, 0.1) is 0 Å². The molecule has 3 aromatic rings. The normalized spacial score (nSPS) is 14.3. The second-order valence-electron chi connectivity index (χ2n) is 8.10. The molecule has 31 heavy (non-hydrogen) atoms. The van der Waals surface area contributed by atoms with E-state index in [-0.39, 0.29) is 0 Å². The van der Waals surface area contributed by atoms with Crippen LogP contribution < -0.4 is 4.90 Å². The van der Waals surface area contributed by atoms with Gasteiger partial charge in [0.15, 0.2) is 0 Å². The third-order valence-electron chi connectivity index (χ3n) is 5.67. The lowest BCUT2D eigenvalue weighted by Gasteiger charge is -2.31. The largest absolute Gasteiger partial charge is 0.378 e. The first kappa shape index (κ1) is 21.5. The summed E-state index contributed by atoms with van der Waals surface area (Å²) in [6, 6.07) is 18.8.